The van der Waals surface area contributed by atoms with Crippen molar-refractivity contribution >= 4 is 6.03 Å². The van der Waals surface area contributed by atoms with E-state index in [-0.39, 0.29) is 6.03 Å². The normalized spacial score (nSPS) is 20.3. The van der Waals surface area contributed by atoms with Crippen molar-refractivity contribution in [2.75, 3.05) is 33.3 Å². The Balaban J connectivity index is 1.37. The van der Waals surface area contributed by atoms with E-state index in [1.165, 1.54) is 11.1 Å². The first-order valence-electron chi connectivity index (χ1n) is 9.17. The molecule has 2 heterocycles. The number of amides is 2. The second-order valence-electron chi connectivity index (χ2n) is 7.08. The third-order valence-corrected chi connectivity index (χ3v) is 5.30. The second-order valence-corrected chi connectivity index (χ2v) is 7.08. The Labute approximate surface area is 154 Å². The van der Waals surface area contributed by atoms with Crippen LogP contribution >= 0.6 is 0 Å². The molecule has 0 spiro atoms. The van der Waals surface area contributed by atoms with Crippen molar-refractivity contribution in [3.8, 4) is 5.75 Å². The summed E-state index contributed by atoms with van der Waals surface area (Å²) in [6.45, 7) is 5.10. The number of fused-ring (bicyclic) bond motifs is 1. The molecule has 2 fully saturated rings. The predicted octanol–water partition coefficient (Wildman–Crippen LogP) is 2.82. The van der Waals surface area contributed by atoms with Crippen LogP contribution in [-0.2, 0) is 13.1 Å². The smallest absolute Gasteiger partial charge is 0.320 e. The van der Waals surface area contributed by atoms with Gasteiger partial charge in [0.05, 0.1) is 13.2 Å². The molecule has 2 saturated heterocycles. The summed E-state index contributed by atoms with van der Waals surface area (Å²) in [5.74, 6) is 0.886. The van der Waals surface area contributed by atoms with Crippen LogP contribution in [0.2, 0.25) is 0 Å². The number of piperazine rings is 1. The Hall–Kier alpha value is -2.53. The third-order valence-electron chi connectivity index (χ3n) is 5.30. The van der Waals surface area contributed by atoms with Crippen LogP contribution < -0.4 is 4.74 Å². The molecule has 2 aromatic carbocycles. The lowest BCUT2D eigenvalue weighted by Gasteiger charge is -2.36. The molecule has 0 saturated carbocycles. The number of carbonyl (C=O) groups is 1. The van der Waals surface area contributed by atoms with Gasteiger partial charge in [-0.2, -0.15) is 0 Å². The SMILES string of the molecule is COc1ccc(CN2CCN3C(=O)N(Cc4ccccc4)C[C@H]3C2)cc1. The zero-order valence-electron chi connectivity index (χ0n) is 15.2. The molecule has 0 bridgehead atoms. The molecule has 0 N–H and O–H groups in total. The van der Waals surface area contributed by atoms with Crippen LogP contribution in [0.3, 0.4) is 0 Å². The zero-order valence-corrected chi connectivity index (χ0v) is 15.2. The number of rotatable bonds is 5. The van der Waals surface area contributed by atoms with Gasteiger partial charge in [0, 0.05) is 39.3 Å². The molecule has 2 aliphatic heterocycles. The minimum absolute atomic E-state index is 0.183. The highest BCUT2D eigenvalue weighted by molar-refractivity contribution is 5.77. The summed E-state index contributed by atoms with van der Waals surface area (Å²) in [6.07, 6.45) is 0. The van der Waals surface area contributed by atoms with Crippen molar-refractivity contribution in [3.05, 3.63) is 65.7 Å². The van der Waals surface area contributed by atoms with E-state index in [2.05, 4.69) is 29.2 Å². The van der Waals surface area contributed by atoms with Crippen molar-refractivity contribution < 1.29 is 9.53 Å². The number of nitrogens with zero attached hydrogens (tertiary/aromatic N) is 3. The van der Waals surface area contributed by atoms with E-state index < -0.39 is 0 Å². The molecule has 0 radical (unpaired) electrons. The third kappa shape index (κ3) is 3.53. The summed E-state index contributed by atoms with van der Waals surface area (Å²) in [5, 5.41) is 0. The first kappa shape index (κ1) is 16.9. The molecular formula is C21H25N3O2. The van der Waals surface area contributed by atoms with Gasteiger partial charge in [0.1, 0.15) is 5.75 Å². The van der Waals surface area contributed by atoms with Gasteiger partial charge in [0.15, 0.2) is 0 Å². The van der Waals surface area contributed by atoms with E-state index in [0.29, 0.717) is 12.6 Å². The van der Waals surface area contributed by atoms with E-state index in [4.69, 9.17) is 4.74 Å². The van der Waals surface area contributed by atoms with Crippen LogP contribution in [0.25, 0.3) is 0 Å². The summed E-state index contributed by atoms with van der Waals surface area (Å²) in [4.78, 5) is 19.2. The molecule has 2 aromatic rings. The first-order valence-corrected chi connectivity index (χ1v) is 9.17. The van der Waals surface area contributed by atoms with Crippen molar-refractivity contribution in [1.82, 2.24) is 14.7 Å². The van der Waals surface area contributed by atoms with Crippen LogP contribution in [0.15, 0.2) is 54.6 Å². The quantitative estimate of drug-likeness (QED) is 0.831. The lowest BCUT2D eigenvalue weighted by Crippen LogP contribution is -2.51. The first-order chi connectivity index (χ1) is 12.7. The number of methoxy groups -OCH3 is 1. The van der Waals surface area contributed by atoms with Crippen molar-refractivity contribution in [1.29, 1.82) is 0 Å². The molecule has 136 valence electrons. The highest BCUT2D eigenvalue weighted by Crippen LogP contribution is 2.23. The van der Waals surface area contributed by atoms with Crippen molar-refractivity contribution in [3.63, 3.8) is 0 Å². The number of hydrogen-bond donors (Lipinski definition) is 0. The summed E-state index contributed by atoms with van der Waals surface area (Å²) in [5.41, 5.74) is 2.47. The largest absolute Gasteiger partial charge is 0.497 e. The molecule has 0 unspecified atom stereocenters. The topological polar surface area (TPSA) is 36.0 Å². The Kier molecular flexibility index (Phi) is 4.80. The van der Waals surface area contributed by atoms with Crippen LogP contribution in [-0.4, -0.2) is 60.1 Å². The fourth-order valence-electron chi connectivity index (χ4n) is 3.91. The summed E-state index contributed by atoms with van der Waals surface area (Å²) in [6, 6.07) is 19.0. The molecule has 2 amide bonds. The highest BCUT2D eigenvalue weighted by Gasteiger charge is 2.40. The van der Waals surface area contributed by atoms with Gasteiger partial charge in [0.25, 0.3) is 0 Å². The molecule has 0 aliphatic carbocycles. The summed E-state index contributed by atoms with van der Waals surface area (Å²) in [7, 11) is 1.69. The van der Waals surface area contributed by atoms with Crippen molar-refractivity contribution in [2.45, 2.75) is 19.1 Å². The molecule has 26 heavy (non-hydrogen) atoms. The van der Waals surface area contributed by atoms with Crippen molar-refractivity contribution in [2.24, 2.45) is 0 Å². The van der Waals surface area contributed by atoms with E-state index in [1.807, 2.05) is 40.1 Å². The van der Waals surface area contributed by atoms with E-state index in [1.54, 1.807) is 7.11 Å². The molecule has 1 atom stereocenters. The zero-order chi connectivity index (χ0) is 17.9. The lowest BCUT2D eigenvalue weighted by atomic mass is 10.1. The standard InChI is InChI=1S/C21H25N3O2/c1-26-20-9-7-18(8-10-20)13-22-11-12-24-19(15-22)16-23(21(24)25)14-17-5-3-2-4-6-17/h2-10,19H,11-16H2,1H3/t19-/m1/s1. The fourth-order valence-corrected chi connectivity index (χ4v) is 3.91. The summed E-state index contributed by atoms with van der Waals surface area (Å²) >= 11 is 0. The minimum atomic E-state index is 0.183. The average Bonchev–Trinajstić information content (AvgIpc) is 2.98. The maximum atomic E-state index is 12.7. The lowest BCUT2D eigenvalue weighted by molar-refractivity contribution is 0.116. The van der Waals surface area contributed by atoms with Gasteiger partial charge in [-0.1, -0.05) is 42.5 Å². The monoisotopic (exact) mass is 351 g/mol. The molecule has 2 aliphatic rings. The maximum Gasteiger partial charge on any atom is 0.320 e. The van der Waals surface area contributed by atoms with Gasteiger partial charge in [-0.05, 0) is 23.3 Å². The Morgan fingerprint density at radius 2 is 1.65 bits per heavy atom. The van der Waals surface area contributed by atoms with Crippen LogP contribution in [0.1, 0.15) is 11.1 Å². The van der Waals surface area contributed by atoms with Gasteiger partial charge in [0.2, 0.25) is 0 Å². The van der Waals surface area contributed by atoms with Crippen LogP contribution in [0.4, 0.5) is 4.79 Å². The number of carbonyl (C=O) groups excluding carboxylic acids is 1. The maximum absolute atomic E-state index is 12.7. The molecule has 5 nitrogen and oxygen atoms in total. The van der Waals surface area contributed by atoms with E-state index in [0.717, 1.165) is 38.5 Å². The predicted molar refractivity (Wildman–Crippen MR) is 101 cm³/mol. The molecule has 4 rings (SSSR count). The number of ether oxygens (including phenoxy) is 1. The molecule has 5 heteroatoms. The van der Waals surface area contributed by atoms with E-state index in [9.17, 15) is 4.79 Å². The Morgan fingerprint density at radius 1 is 0.923 bits per heavy atom. The minimum Gasteiger partial charge on any atom is -0.497 e. The Morgan fingerprint density at radius 3 is 2.38 bits per heavy atom. The number of urea groups is 1. The number of benzene rings is 2. The van der Waals surface area contributed by atoms with Gasteiger partial charge in [-0.3, -0.25) is 4.90 Å². The van der Waals surface area contributed by atoms with Gasteiger partial charge < -0.3 is 14.5 Å². The van der Waals surface area contributed by atoms with E-state index >= 15 is 0 Å². The van der Waals surface area contributed by atoms with Crippen LogP contribution in [0.5, 0.6) is 5.75 Å². The highest BCUT2D eigenvalue weighted by atomic mass is 16.5. The average molecular weight is 351 g/mol. The van der Waals surface area contributed by atoms with Gasteiger partial charge in [-0.25, -0.2) is 4.79 Å². The second kappa shape index (κ2) is 7.38. The van der Waals surface area contributed by atoms with Gasteiger partial charge in [-0.15, -0.1) is 0 Å². The molecule has 0 aromatic heterocycles. The van der Waals surface area contributed by atoms with Crippen LogP contribution in [0, 0.1) is 0 Å². The number of hydrogen-bond acceptors (Lipinski definition) is 3. The summed E-state index contributed by atoms with van der Waals surface area (Å²) < 4.78 is 5.23. The van der Waals surface area contributed by atoms with Gasteiger partial charge >= 0.3 is 6.03 Å². The molecular weight excluding hydrogens is 326 g/mol. The fraction of sp³-hybridized carbons (Fsp3) is 0.381. The Bertz CT molecular complexity index is 748.